The van der Waals surface area contributed by atoms with Crippen molar-refractivity contribution in [3.63, 3.8) is 0 Å². The van der Waals surface area contributed by atoms with Crippen LogP contribution in [0, 0.1) is 0 Å². The lowest BCUT2D eigenvalue weighted by molar-refractivity contribution is -0.115. The molecule has 1 amide bonds. The second kappa shape index (κ2) is 7.86. The monoisotopic (exact) mass is 326 g/mol. The summed E-state index contributed by atoms with van der Waals surface area (Å²) in [6.07, 6.45) is 0.401. The highest BCUT2D eigenvalue weighted by molar-refractivity contribution is 5.91. The molecule has 128 valence electrons. The van der Waals surface area contributed by atoms with Crippen molar-refractivity contribution in [2.24, 2.45) is 0 Å². The molecule has 0 aliphatic carbocycles. The molecule has 24 heavy (non-hydrogen) atoms. The molecule has 0 heterocycles. The van der Waals surface area contributed by atoms with E-state index in [-0.39, 0.29) is 11.3 Å². The van der Waals surface area contributed by atoms with Gasteiger partial charge in [-0.05, 0) is 35.2 Å². The Morgan fingerprint density at radius 1 is 1.04 bits per heavy atom. The van der Waals surface area contributed by atoms with Crippen LogP contribution in [0.1, 0.15) is 32.8 Å². The van der Waals surface area contributed by atoms with Gasteiger partial charge < -0.3 is 15.4 Å². The quantitative estimate of drug-likeness (QED) is 0.825. The molecule has 0 spiro atoms. The zero-order valence-corrected chi connectivity index (χ0v) is 14.8. The fraction of sp³-hybridized carbons (Fsp3) is 0.350. The number of ether oxygens (including phenoxy) is 1. The van der Waals surface area contributed by atoms with Crippen molar-refractivity contribution in [3.8, 4) is 5.75 Å². The number of carbonyl (C=O) groups excluding carboxylic acids is 1. The van der Waals surface area contributed by atoms with Gasteiger partial charge in [-0.15, -0.1) is 0 Å². The third-order valence-electron chi connectivity index (χ3n) is 3.79. The SMILES string of the molecule is COc1cccc(NC(=O)CCNc2ccc(C(C)(C)C)cc2)c1. The molecule has 0 aliphatic rings. The number of amides is 1. The molecule has 2 rings (SSSR count). The number of methoxy groups -OCH3 is 1. The summed E-state index contributed by atoms with van der Waals surface area (Å²) < 4.78 is 5.15. The van der Waals surface area contributed by atoms with Gasteiger partial charge in [0.2, 0.25) is 5.91 Å². The van der Waals surface area contributed by atoms with E-state index in [2.05, 4.69) is 55.7 Å². The first-order valence-electron chi connectivity index (χ1n) is 8.17. The van der Waals surface area contributed by atoms with E-state index in [4.69, 9.17) is 4.74 Å². The van der Waals surface area contributed by atoms with Gasteiger partial charge in [0.15, 0.2) is 0 Å². The average molecular weight is 326 g/mol. The lowest BCUT2D eigenvalue weighted by Gasteiger charge is -2.19. The molecule has 2 N–H and O–H groups in total. The minimum Gasteiger partial charge on any atom is -0.497 e. The van der Waals surface area contributed by atoms with Gasteiger partial charge in [0, 0.05) is 30.4 Å². The molecule has 0 bridgehead atoms. The highest BCUT2D eigenvalue weighted by atomic mass is 16.5. The first-order chi connectivity index (χ1) is 11.4. The Hall–Kier alpha value is -2.49. The van der Waals surface area contributed by atoms with Gasteiger partial charge in [0.1, 0.15) is 5.75 Å². The summed E-state index contributed by atoms with van der Waals surface area (Å²) in [4.78, 5) is 12.0. The van der Waals surface area contributed by atoms with E-state index in [0.29, 0.717) is 13.0 Å². The molecule has 0 radical (unpaired) electrons. The second-order valence-electron chi connectivity index (χ2n) is 6.78. The minimum atomic E-state index is -0.0259. The fourth-order valence-electron chi connectivity index (χ4n) is 2.33. The van der Waals surface area contributed by atoms with Crippen LogP contribution >= 0.6 is 0 Å². The van der Waals surface area contributed by atoms with Crippen LogP contribution in [0.5, 0.6) is 5.75 Å². The van der Waals surface area contributed by atoms with Crippen molar-refractivity contribution in [2.45, 2.75) is 32.6 Å². The molecule has 0 saturated carbocycles. The summed E-state index contributed by atoms with van der Waals surface area (Å²) in [7, 11) is 1.61. The maximum Gasteiger partial charge on any atom is 0.226 e. The summed E-state index contributed by atoms with van der Waals surface area (Å²) in [6.45, 7) is 7.17. The Morgan fingerprint density at radius 3 is 2.38 bits per heavy atom. The van der Waals surface area contributed by atoms with Gasteiger partial charge in [-0.1, -0.05) is 39.0 Å². The normalized spacial score (nSPS) is 11.0. The topological polar surface area (TPSA) is 50.4 Å². The van der Waals surface area contributed by atoms with Crippen LogP contribution in [-0.2, 0) is 10.2 Å². The summed E-state index contributed by atoms with van der Waals surface area (Å²) in [5, 5.41) is 6.15. The molecular formula is C20H26N2O2. The minimum absolute atomic E-state index is 0.0259. The van der Waals surface area contributed by atoms with E-state index >= 15 is 0 Å². The van der Waals surface area contributed by atoms with Crippen molar-refractivity contribution < 1.29 is 9.53 Å². The van der Waals surface area contributed by atoms with Crippen molar-refractivity contribution in [1.29, 1.82) is 0 Å². The summed E-state index contributed by atoms with van der Waals surface area (Å²) in [5.41, 5.74) is 3.21. The van der Waals surface area contributed by atoms with Crippen LogP contribution in [0.3, 0.4) is 0 Å². The maximum atomic E-state index is 12.0. The molecule has 4 nitrogen and oxygen atoms in total. The highest BCUT2D eigenvalue weighted by Crippen LogP contribution is 2.23. The van der Waals surface area contributed by atoms with Crippen molar-refractivity contribution in [2.75, 3.05) is 24.3 Å². The van der Waals surface area contributed by atoms with Crippen LogP contribution in [0.2, 0.25) is 0 Å². The molecule has 0 saturated heterocycles. The van der Waals surface area contributed by atoms with E-state index < -0.39 is 0 Å². The standard InChI is InChI=1S/C20H26N2O2/c1-20(2,3)15-8-10-16(11-9-15)21-13-12-19(23)22-17-6-5-7-18(14-17)24-4/h5-11,14,21H,12-13H2,1-4H3,(H,22,23). The van der Waals surface area contributed by atoms with Gasteiger partial charge in [-0.25, -0.2) is 0 Å². The van der Waals surface area contributed by atoms with Gasteiger partial charge in [0.05, 0.1) is 7.11 Å². The largest absolute Gasteiger partial charge is 0.497 e. The van der Waals surface area contributed by atoms with Crippen molar-refractivity contribution in [3.05, 3.63) is 54.1 Å². The van der Waals surface area contributed by atoms with Crippen molar-refractivity contribution >= 4 is 17.3 Å². The Morgan fingerprint density at radius 2 is 1.75 bits per heavy atom. The van der Waals surface area contributed by atoms with Crippen LogP contribution in [0.15, 0.2) is 48.5 Å². The second-order valence-corrected chi connectivity index (χ2v) is 6.78. The van der Waals surface area contributed by atoms with E-state index in [1.807, 2.05) is 18.2 Å². The lowest BCUT2D eigenvalue weighted by atomic mass is 9.87. The average Bonchev–Trinajstić information content (AvgIpc) is 2.54. The Balaban J connectivity index is 1.80. The molecule has 0 fully saturated rings. The van der Waals surface area contributed by atoms with Crippen LogP contribution in [0.25, 0.3) is 0 Å². The predicted octanol–water partition coefficient (Wildman–Crippen LogP) is 4.43. The molecule has 2 aromatic rings. The van der Waals surface area contributed by atoms with Gasteiger partial charge >= 0.3 is 0 Å². The molecule has 0 aromatic heterocycles. The van der Waals surface area contributed by atoms with Crippen molar-refractivity contribution in [1.82, 2.24) is 0 Å². The highest BCUT2D eigenvalue weighted by Gasteiger charge is 2.12. The molecule has 0 aliphatic heterocycles. The van der Waals surface area contributed by atoms with E-state index in [9.17, 15) is 4.79 Å². The molecule has 0 unspecified atom stereocenters. The molecule has 2 aromatic carbocycles. The number of carbonyl (C=O) groups is 1. The zero-order valence-electron chi connectivity index (χ0n) is 14.8. The smallest absolute Gasteiger partial charge is 0.226 e. The van der Waals surface area contributed by atoms with Crippen LogP contribution in [0.4, 0.5) is 11.4 Å². The number of rotatable bonds is 6. The third kappa shape index (κ3) is 5.30. The fourth-order valence-corrected chi connectivity index (χ4v) is 2.33. The maximum absolute atomic E-state index is 12.0. The molecule has 4 heteroatoms. The van der Waals surface area contributed by atoms with E-state index in [1.165, 1.54) is 5.56 Å². The number of benzene rings is 2. The first kappa shape index (κ1) is 17.9. The predicted molar refractivity (Wildman–Crippen MR) is 99.9 cm³/mol. The number of anilines is 2. The van der Waals surface area contributed by atoms with E-state index in [0.717, 1.165) is 17.1 Å². The Kier molecular flexibility index (Phi) is 5.85. The Bertz CT molecular complexity index is 673. The number of hydrogen-bond donors (Lipinski definition) is 2. The van der Waals surface area contributed by atoms with E-state index in [1.54, 1.807) is 13.2 Å². The summed E-state index contributed by atoms with van der Waals surface area (Å²) in [6, 6.07) is 15.7. The van der Waals surface area contributed by atoms with Gasteiger partial charge in [0.25, 0.3) is 0 Å². The summed E-state index contributed by atoms with van der Waals surface area (Å²) in [5.74, 6) is 0.701. The lowest BCUT2D eigenvalue weighted by Crippen LogP contribution is -2.16. The van der Waals surface area contributed by atoms with Gasteiger partial charge in [-0.3, -0.25) is 4.79 Å². The zero-order chi connectivity index (χ0) is 17.6. The number of hydrogen-bond acceptors (Lipinski definition) is 3. The molecule has 0 atom stereocenters. The Labute approximate surface area is 144 Å². The van der Waals surface area contributed by atoms with Gasteiger partial charge in [-0.2, -0.15) is 0 Å². The summed E-state index contributed by atoms with van der Waals surface area (Å²) >= 11 is 0. The molecular weight excluding hydrogens is 300 g/mol. The first-order valence-corrected chi connectivity index (χ1v) is 8.17. The number of nitrogens with one attached hydrogen (secondary N) is 2. The van der Waals surface area contributed by atoms with Crippen LogP contribution in [-0.4, -0.2) is 19.6 Å². The van der Waals surface area contributed by atoms with Crippen LogP contribution < -0.4 is 15.4 Å². The third-order valence-corrected chi connectivity index (χ3v) is 3.79.